The van der Waals surface area contributed by atoms with Crippen molar-refractivity contribution in [2.45, 2.75) is 26.7 Å². The van der Waals surface area contributed by atoms with Crippen molar-refractivity contribution in [1.29, 1.82) is 0 Å². The Morgan fingerprint density at radius 1 is 1.24 bits per heavy atom. The molecular formula is C19H27N3O6S. The highest BCUT2D eigenvalue weighted by Gasteiger charge is 2.25. The lowest BCUT2D eigenvalue weighted by Crippen LogP contribution is -2.42. The minimum Gasteiger partial charge on any atom is -0.452 e. The highest BCUT2D eigenvalue weighted by molar-refractivity contribution is 7.92. The van der Waals surface area contributed by atoms with Crippen LogP contribution in [0.4, 0.5) is 5.69 Å². The van der Waals surface area contributed by atoms with Gasteiger partial charge in [0.1, 0.15) is 0 Å². The first-order chi connectivity index (χ1) is 13.7. The largest absolute Gasteiger partial charge is 0.452 e. The Hall–Kier alpha value is -2.62. The number of likely N-dealkylation sites (N-methyl/N-ethyl adjacent to an activating group) is 2. The van der Waals surface area contributed by atoms with Gasteiger partial charge in [0.25, 0.3) is 5.91 Å². The van der Waals surface area contributed by atoms with E-state index in [-0.39, 0.29) is 18.0 Å². The molecule has 9 nitrogen and oxygen atoms in total. The minimum absolute atomic E-state index is 0.0963. The number of carbonyl (C=O) groups is 3. The molecule has 29 heavy (non-hydrogen) atoms. The van der Waals surface area contributed by atoms with Crippen LogP contribution in [0.5, 0.6) is 0 Å². The third-order valence-electron chi connectivity index (χ3n) is 4.56. The fraction of sp³-hybridized carbons (Fsp3) is 0.526. The normalized spacial score (nSPS) is 13.4. The highest BCUT2D eigenvalue weighted by Crippen LogP contribution is 2.30. The lowest BCUT2D eigenvalue weighted by Gasteiger charge is -2.29. The number of hydrogen-bond acceptors (Lipinski definition) is 6. The summed E-state index contributed by atoms with van der Waals surface area (Å²) < 4.78 is 30.3. The second kappa shape index (κ2) is 9.73. The zero-order chi connectivity index (χ0) is 21.6. The quantitative estimate of drug-likeness (QED) is 0.608. The molecule has 0 aromatic heterocycles. The lowest BCUT2D eigenvalue weighted by atomic mass is 10.0. The summed E-state index contributed by atoms with van der Waals surface area (Å²) in [6.07, 6.45) is 2.45. The van der Waals surface area contributed by atoms with Crippen molar-refractivity contribution in [2.75, 3.05) is 43.3 Å². The summed E-state index contributed by atoms with van der Waals surface area (Å²) in [6, 6.07) is 4.68. The third-order valence-corrected chi connectivity index (χ3v) is 5.74. The van der Waals surface area contributed by atoms with Crippen molar-refractivity contribution in [3.05, 3.63) is 29.3 Å². The molecule has 0 atom stereocenters. The Kier molecular flexibility index (Phi) is 7.60. The van der Waals surface area contributed by atoms with Gasteiger partial charge in [-0.1, -0.05) is 0 Å². The summed E-state index contributed by atoms with van der Waals surface area (Å²) in [5.41, 5.74) is 1.55. The maximum atomic E-state index is 12.3. The van der Waals surface area contributed by atoms with E-state index < -0.39 is 28.5 Å². The number of rotatable bonds is 8. The van der Waals surface area contributed by atoms with Crippen LogP contribution < -0.4 is 9.62 Å². The molecule has 0 aliphatic carbocycles. The molecule has 160 valence electrons. The zero-order valence-corrected chi connectivity index (χ0v) is 17.8. The maximum Gasteiger partial charge on any atom is 0.338 e. The zero-order valence-electron chi connectivity index (χ0n) is 16.9. The number of hydrogen-bond donors (Lipinski definition) is 1. The van der Waals surface area contributed by atoms with Crippen LogP contribution in [0.25, 0.3) is 0 Å². The second-order valence-corrected chi connectivity index (χ2v) is 8.63. The van der Waals surface area contributed by atoms with Crippen LogP contribution >= 0.6 is 0 Å². The van der Waals surface area contributed by atoms with E-state index in [0.717, 1.165) is 11.8 Å². The number of esters is 1. The van der Waals surface area contributed by atoms with Crippen molar-refractivity contribution >= 4 is 33.5 Å². The van der Waals surface area contributed by atoms with Gasteiger partial charge >= 0.3 is 5.97 Å². The number of nitrogens with zero attached hydrogens (tertiary/aromatic N) is 2. The average molecular weight is 426 g/mol. The molecule has 0 saturated carbocycles. The molecule has 10 heteroatoms. The molecule has 1 N–H and O–H groups in total. The first-order valence-corrected chi connectivity index (χ1v) is 11.3. The molecule has 0 radical (unpaired) electrons. The summed E-state index contributed by atoms with van der Waals surface area (Å²) in [4.78, 5) is 37.5. The smallest absolute Gasteiger partial charge is 0.338 e. The molecule has 2 amide bonds. The van der Waals surface area contributed by atoms with Gasteiger partial charge in [-0.15, -0.1) is 0 Å². The van der Waals surface area contributed by atoms with Gasteiger partial charge in [0.05, 0.1) is 24.1 Å². The van der Waals surface area contributed by atoms with E-state index in [2.05, 4.69) is 5.32 Å². The summed E-state index contributed by atoms with van der Waals surface area (Å²) in [7, 11) is -3.39. The molecule has 0 bridgehead atoms. The van der Waals surface area contributed by atoms with E-state index in [1.54, 1.807) is 26.0 Å². The first kappa shape index (κ1) is 22.7. The summed E-state index contributed by atoms with van der Waals surface area (Å²) in [6.45, 7) is 4.13. The lowest BCUT2D eigenvalue weighted by molar-refractivity contribution is -0.138. The topological polar surface area (TPSA) is 113 Å². The molecular weight excluding hydrogens is 398 g/mol. The van der Waals surface area contributed by atoms with Crippen molar-refractivity contribution in [3.63, 3.8) is 0 Å². The van der Waals surface area contributed by atoms with Gasteiger partial charge in [-0.3, -0.25) is 13.9 Å². The van der Waals surface area contributed by atoms with E-state index in [1.165, 1.54) is 15.3 Å². The Balaban J connectivity index is 2.02. The number of sulfonamides is 1. The van der Waals surface area contributed by atoms with E-state index in [4.69, 9.17) is 4.74 Å². The van der Waals surface area contributed by atoms with Crippen molar-refractivity contribution < 1.29 is 27.5 Å². The van der Waals surface area contributed by atoms with E-state index in [9.17, 15) is 22.8 Å². The second-order valence-electron chi connectivity index (χ2n) is 6.72. The van der Waals surface area contributed by atoms with E-state index >= 15 is 0 Å². The Bertz CT molecular complexity index is 884. The number of ether oxygens (including phenoxy) is 1. The number of amides is 2. The van der Waals surface area contributed by atoms with Crippen LogP contribution in [0.15, 0.2) is 18.2 Å². The minimum atomic E-state index is -3.39. The summed E-state index contributed by atoms with van der Waals surface area (Å²) >= 11 is 0. The standard InChI is InChI=1S/C19H27N3O6S/c1-4-20-17(23)12-21(5-2)18(24)13-28-19(25)15-8-9-16-14(11-15)7-6-10-22(16)29(3,26)27/h8-9,11H,4-7,10,12-13H2,1-3H3,(H,20,23). The van der Waals surface area contributed by atoms with Gasteiger partial charge in [-0.05, 0) is 50.5 Å². The van der Waals surface area contributed by atoms with Gasteiger partial charge in [0.15, 0.2) is 6.61 Å². The molecule has 0 fully saturated rings. The SMILES string of the molecule is CCNC(=O)CN(CC)C(=O)COC(=O)c1ccc2c(c1)CCCN2S(C)(=O)=O. The molecule has 1 aromatic rings. The van der Waals surface area contributed by atoms with Crippen LogP contribution in [0, 0.1) is 0 Å². The number of aryl methyl sites for hydroxylation is 1. The van der Waals surface area contributed by atoms with Crippen LogP contribution in [-0.4, -0.2) is 70.1 Å². The first-order valence-electron chi connectivity index (χ1n) is 9.49. The van der Waals surface area contributed by atoms with Gasteiger partial charge < -0.3 is 15.0 Å². The maximum absolute atomic E-state index is 12.3. The Labute approximate surface area is 171 Å². The Morgan fingerprint density at radius 2 is 1.97 bits per heavy atom. The third kappa shape index (κ3) is 5.93. The molecule has 2 rings (SSSR count). The van der Waals surface area contributed by atoms with Crippen molar-refractivity contribution in [2.24, 2.45) is 0 Å². The number of anilines is 1. The number of benzene rings is 1. The Morgan fingerprint density at radius 3 is 2.59 bits per heavy atom. The molecule has 0 spiro atoms. The predicted octanol–water partition coefficient (Wildman–Crippen LogP) is 0.540. The molecule has 1 aliphatic heterocycles. The predicted molar refractivity (Wildman–Crippen MR) is 108 cm³/mol. The van der Waals surface area contributed by atoms with Crippen LogP contribution in [0.2, 0.25) is 0 Å². The molecule has 1 aromatic carbocycles. The fourth-order valence-electron chi connectivity index (χ4n) is 3.14. The monoisotopic (exact) mass is 425 g/mol. The van der Waals surface area contributed by atoms with Gasteiger partial charge in [0.2, 0.25) is 15.9 Å². The van der Waals surface area contributed by atoms with E-state index in [1.807, 2.05) is 0 Å². The molecule has 0 saturated heterocycles. The van der Waals surface area contributed by atoms with Crippen molar-refractivity contribution in [1.82, 2.24) is 10.2 Å². The number of carbonyl (C=O) groups excluding carboxylic acids is 3. The number of fused-ring (bicyclic) bond motifs is 1. The molecule has 0 unspecified atom stereocenters. The van der Waals surface area contributed by atoms with Gasteiger partial charge in [-0.2, -0.15) is 0 Å². The summed E-state index contributed by atoms with van der Waals surface area (Å²) in [5, 5.41) is 2.61. The highest BCUT2D eigenvalue weighted by atomic mass is 32.2. The van der Waals surface area contributed by atoms with Gasteiger partial charge in [-0.25, -0.2) is 13.2 Å². The van der Waals surface area contributed by atoms with Crippen LogP contribution in [0.3, 0.4) is 0 Å². The average Bonchev–Trinajstić information content (AvgIpc) is 2.68. The molecule has 1 aliphatic rings. The van der Waals surface area contributed by atoms with Crippen LogP contribution in [0.1, 0.15) is 36.2 Å². The van der Waals surface area contributed by atoms with Crippen LogP contribution in [-0.2, 0) is 30.8 Å². The number of nitrogens with one attached hydrogen (secondary N) is 1. The summed E-state index contributed by atoms with van der Waals surface area (Å²) in [5.74, 6) is -1.42. The molecule has 1 heterocycles. The van der Waals surface area contributed by atoms with Crippen molar-refractivity contribution in [3.8, 4) is 0 Å². The fourth-order valence-corrected chi connectivity index (χ4v) is 4.13. The van der Waals surface area contributed by atoms with E-state index in [0.29, 0.717) is 38.2 Å². The van der Waals surface area contributed by atoms with Gasteiger partial charge in [0, 0.05) is 19.6 Å².